The van der Waals surface area contributed by atoms with E-state index < -0.39 is 24.0 Å². The molecule has 2 atom stereocenters. The number of carbonyl (C=O) groups is 2. The Bertz CT molecular complexity index is 1280. The van der Waals surface area contributed by atoms with Gasteiger partial charge in [-0.2, -0.15) is 5.26 Å². The Morgan fingerprint density at radius 3 is 2.29 bits per heavy atom. The number of benzene rings is 2. The third-order valence-corrected chi connectivity index (χ3v) is 6.68. The first-order valence-electron chi connectivity index (χ1n) is 12.1. The Balaban J connectivity index is 1.79. The summed E-state index contributed by atoms with van der Waals surface area (Å²) in [6.45, 7) is 3.19. The number of ether oxygens (including phenoxy) is 3. The number of nitrogens with two attached hydrogens (primary N) is 1. The number of carbonyl (C=O) groups excluding carboxylic acids is 2. The van der Waals surface area contributed by atoms with Crippen molar-refractivity contribution in [1.82, 2.24) is 4.90 Å². The lowest BCUT2D eigenvalue weighted by Crippen LogP contribution is -2.40. The van der Waals surface area contributed by atoms with Gasteiger partial charge in [-0.3, -0.25) is 9.80 Å². The summed E-state index contributed by atoms with van der Waals surface area (Å²) >= 11 is 0. The van der Waals surface area contributed by atoms with Crippen LogP contribution in [0.1, 0.15) is 23.1 Å². The van der Waals surface area contributed by atoms with E-state index in [1.54, 1.807) is 54.6 Å². The Hall–Kier alpha value is -4.17. The van der Waals surface area contributed by atoms with Crippen molar-refractivity contribution < 1.29 is 28.9 Å². The standard InChI is InChI=1S/C28H30N4O6/c1-36-27(34)24-23(19-6-4-3-5-7-19)21(16-29)26(30)32(25(24)28(35)37-2)20-10-8-18(9-11-20)22(33)17-31-12-14-38-15-13-31/h3-11,22-23,33H,12-15,17,30H2,1-2H3. The number of allylic oxidation sites excluding steroid dienone is 1. The van der Waals surface area contributed by atoms with Gasteiger partial charge in [0.2, 0.25) is 0 Å². The summed E-state index contributed by atoms with van der Waals surface area (Å²) in [5.41, 5.74) is 8.06. The van der Waals surface area contributed by atoms with Gasteiger partial charge in [0, 0.05) is 25.3 Å². The summed E-state index contributed by atoms with van der Waals surface area (Å²) < 4.78 is 15.5. The molecule has 0 aromatic heterocycles. The largest absolute Gasteiger partial charge is 0.466 e. The van der Waals surface area contributed by atoms with Crippen molar-refractivity contribution in [2.45, 2.75) is 12.0 Å². The highest BCUT2D eigenvalue weighted by molar-refractivity contribution is 6.06. The highest BCUT2D eigenvalue weighted by Gasteiger charge is 2.43. The zero-order chi connectivity index (χ0) is 27.2. The van der Waals surface area contributed by atoms with Crippen molar-refractivity contribution in [3.63, 3.8) is 0 Å². The van der Waals surface area contributed by atoms with E-state index in [4.69, 9.17) is 19.9 Å². The number of aliphatic hydroxyl groups excluding tert-OH is 1. The van der Waals surface area contributed by atoms with Crippen molar-refractivity contribution >= 4 is 17.6 Å². The number of methoxy groups -OCH3 is 2. The average Bonchev–Trinajstić information content (AvgIpc) is 2.96. The number of nitriles is 1. The van der Waals surface area contributed by atoms with Gasteiger partial charge in [0.15, 0.2) is 0 Å². The van der Waals surface area contributed by atoms with Crippen molar-refractivity contribution in [3.05, 3.63) is 88.4 Å². The maximum atomic E-state index is 13.1. The zero-order valence-electron chi connectivity index (χ0n) is 21.3. The third-order valence-electron chi connectivity index (χ3n) is 6.68. The van der Waals surface area contributed by atoms with Crippen LogP contribution in [0.4, 0.5) is 5.69 Å². The van der Waals surface area contributed by atoms with Crippen LogP contribution in [0.25, 0.3) is 0 Å². The minimum atomic E-state index is -0.936. The Kier molecular flexibility index (Phi) is 8.43. The molecule has 0 saturated carbocycles. The number of hydrogen-bond acceptors (Lipinski definition) is 10. The predicted molar refractivity (Wildman–Crippen MR) is 138 cm³/mol. The summed E-state index contributed by atoms with van der Waals surface area (Å²) in [7, 11) is 2.40. The maximum Gasteiger partial charge on any atom is 0.355 e. The number of esters is 2. The van der Waals surface area contributed by atoms with Crippen LogP contribution < -0.4 is 10.6 Å². The molecule has 2 aromatic carbocycles. The molecule has 0 radical (unpaired) electrons. The average molecular weight is 519 g/mol. The van der Waals surface area contributed by atoms with Crippen LogP contribution in [0.3, 0.4) is 0 Å². The Morgan fingerprint density at radius 2 is 1.71 bits per heavy atom. The molecule has 0 bridgehead atoms. The molecule has 1 saturated heterocycles. The zero-order valence-corrected chi connectivity index (χ0v) is 21.3. The number of hydrogen-bond donors (Lipinski definition) is 2. The fourth-order valence-electron chi connectivity index (χ4n) is 4.76. The molecule has 3 N–H and O–H groups in total. The molecule has 10 heteroatoms. The normalized spacial score (nSPS) is 19.1. The topological polar surface area (TPSA) is 138 Å². The van der Waals surface area contributed by atoms with E-state index in [9.17, 15) is 20.0 Å². The van der Waals surface area contributed by atoms with Gasteiger partial charge in [0.05, 0.1) is 56.7 Å². The third kappa shape index (κ3) is 5.26. The summed E-state index contributed by atoms with van der Waals surface area (Å²) in [6.07, 6.45) is -0.741. The lowest BCUT2D eigenvalue weighted by molar-refractivity contribution is -0.139. The molecule has 2 aliphatic heterocycles. The van der Waals surface area contributed by atoms with Crippen LogP contribution in [-0.2, 0) is 23.8 Å². The molecule has 1 fully saturated rings. The second-order valence-electron chi connectivity index (χ2n) is 8.86. The molecule has 0 amide bonds. The first-order chi connectivity index (χ1) is 18.4. The summed E-state index contributed by atoms with van der Waals surface area (Å²) in [4.78, 5) is 29.7. The predicted octanol–water partition coefficient (Wildman–Crippen LogP) is 1.95. The number of rotatable bonds is 7. The summed E-state index contributed by atoms with van der Waals surface area (Å²) in [5, 5.41) is 20.9. The number of β-amino-alcohol motifs (C(OH)–C–C–N with tert-alkyl or cyclic N) is 1. The minimum Gasteiger partial charge on any atom is -0.466 e. The first-order valence-corrected chi connectivity index (χ1v) is 12.1. The second kappa shape index (κ2) is 11.9. The lowest BCUT2D eigenvalue weighted by Gasteiger charge is -2.36. The second-order valence-corrected chi connectivity index (χ2v) is 8.86. The van der Waals surface area contributed by atoms with E-state index in [0.717, 1.165) is 13.1 Å². The van der Waals surface area contributed by atoms with Gasteiger partial charge in [0.1, 0.15) is 11.5 Å². The van der Waals surface area contributed by atoms with Gasteiger partial charge in [-0.25, -0.2) is 9.59 Å². The van der Waals surface area contributed by atoms with Crippen LogP contribution in [0.5, 0.6) is 0 Å². The van der Waals surface area contributed by atoms with E-state index in [1.165, 1.54) is 19.1 Å². The van der Waals surface area contributed by atoms with Crippen molar-refractivity contribution in [1.29, 1.82) is 5.26 Å². The first kappa shape index (κ1) is 26.9. The highest BCUT2D eigenvalue weighted by Crippen LogP contribution is 2.43. The van der Waals surface area contributed by atoms with Gasteiger partial charge in [-0.1, -0.05) is 42.5 Å². The molecule has 0 aliphatic carbocycles. The number of anilines is 1. The maximum absolute atomic E-state index is 13.1. The molecular weight excluding hydrogens is 488 g/mol. The van der Waals surface area contributed by atoms with Gasteiger partial charge in [-0.05, 0) is 23.3 Å². The SMILES string of the molecule is COC(=O)C1=C(C(=O)OC)N(c2ccc(C(O)CN3CCOCC3)cc2)C(N)=C(C#N)C1c1ccccc1. The van der Waals surface area contributed by atoms with Crippen molar-refractivity contribution in [2.75, 3.05) is 52.0 Å². The van der Waals surface area contributed by atoms with Crippen LogP contribution in [0.15, 0.2) is 77.3 Å². The lowest BCUT2D eigenvalue weighted by atomic mass is 9.81. The monoisotopic (exact) mass is 518 g/mol. The molecule has 4 rings (SSSR count). The Morgan fingerprint density at radius 1 is 1.08 bits per heavy atom. The fourth-order valence-corrected chi connectivity index (χ4v) is 4.76. The van der Waals surface area contributed by atoms with Gasteiger partial charge in [0.25, 0.3) is 0 Å². The van der Waals surface area contributed by atoms with Crippen LogP contribution in [0.2, 0.25) is 0 Å². The molecule has 0 spiro atoms. The molecule has 38 heavy (non-hydrogen) atoms. The molecule has 2 unspecified atom stereocenters. The van der Waals surface area contributed by atoms with Gasteiger partial charge >= 0.3 is 11.9 Å². The smallest absolute Gasteiger partial charge is 0.355 e. The molecular formula is C28H30N4O6. The molecule has 2 aromatic rings. The van der Waals surface area contributed by atoms with E-state index in [-0.39, 0.29) is 22.7 Å². The summed E-state index contributed by atoms with van der Waals surface area (Å²) in [6, 6.07) is 17.7. The quantitative estimate of drug-likeness (QED) is 0.523. The van der Waals surface area contributed by atoms with Crippen molar-refractivity contribution in [3.8, 4) is 6.07 Å². The van der Waals surface area contributed by atoms with Gasteiger partial charge < -0.3 is 25.1 Å². The van der Waals surface area contributed by atoms with Crippen LogP contribution in [0, 0.1) is 11.3 Å². The van der Waals surface area contributed by atoms with Crippen LogP contribution >= 0.6 is 0 Å². The number of nitrogens with zero attached hydrogens (tertiary/aromatic N) is 3. The van der Waals surface area contributed by atoms with E-state index in [0.29, 0.717) is 36.6 Å². The Labute approximate surface area is 221 Å². The fraction of sp³-hybridized carbons (Fsp3) is 0.321. The van der Waals surface area contributed by atoms with E-state index >= 15 is 0 Å². The molecule has 198 valence electrons. The molecule has 10 nitrogen and oxygen atoms in total. The van der Waals surface area contributed by atoms with Crippen molar-refractivity contribution in [2.24, 2.45) is 5.73 Å². The van der Waals surface area contributed by atoms with E-state index in [2.05, 4.69) is 11.0 Å². The highest BCUT2D eigenvalue weighted by atomic mass is 16.5. The summed E-state index contributed by atoms with van der Waals surface area (Å²) in [5.74, 6) is -2.56. The van der Waals surface area contributed by atoms with Crippen LogP contribution in [-0.4, -0.2) is 69.0 Å². The molecule has 2 heterocycles. The number of morpholine rings is 1. The van der Waals surface area contributed by atoms with Gasteiger partial charge in [-0.15, -0.1) is 0 Å². The molecule has 2 aliphatic rings. The van der Waals surface area contributed by atoms with E-state index in [1.807, 2.05) is 0 Å². The minimum absolute atomic E-state index is 0.0176. The number of aliphatic hydroxyl groups is 1.